The Hall–Kier alpha value is -2.69. The van der Waals surface area contributed by atoms with E-state index in [9.17, 15) is 9.59 Å². The first kappa shape index (κ1) is 18.6. The molecule has 5 heteroatoms. The summed E-state index contributed by atoms with van der Waals surface area (Å²) in [6, 6.07) is 12.8. The molecule has 2 aromatic rings. The number of carbonyl (C=O) groups excluding carboxylic acids is 2. The van der Waals surface area contributed by atoms with E-state index < -0.39 is 0 Å². The van der Waals surface area contributed by atoms with Crippen molar-refractivity contribution in [3.63, 3.8) is 0 Å². The Bertz CT molecular complexity index is 719. The third-order valence-corrected chi connectivity index (χ3v) is 3.93. The Balaban J connectivity index is 1.86. The monoisotopic (exact) mass is 339 g/mol. The second kappa shape index (κ2) is 7.92. The van der Waals surface area contributed by atoms with Gasteiger partial charge in [-0.05, 0) is 42.2 Å². The van der Waals surface area contributed by atoms with Crippen LogP contribution in [-0.2, 0) is 10.2 Å². The molecule has 0 bridgehead atoms. The maximum atomic E-state index is 12.2. The van der Waals surface area contributed by atoms with E-state index in [4.69, 9.17) is 0 Å². The number of hydrogen-bond donors (Lipinski definition) is 2. The minimum Gasteiger partial charge on any atom is -0.346 e. The van der Waals surface area contributed by atoms with Crippen molar-refractivity contribution < 1.29 is 9.59 Å². The SMILES string of the molecule is CC(NC(=O)CNC(=O)c1ccc(C(C)(C)C)cc1)c1ccccn1. The highest BCUT2D eigenvalue weighted by molar-refractivity contribution is 5.96. The highest BCUT2D eigenvalue weighted by Crippen LogP contribution is 2.22. The molecular weight excluding hydrogens is 314 g/mol. The van der Waals surface area contributed by atoms with Gasteiger partial charge in [-0.2, -0.15) is 0 Å². The van der Waals surface area contributed by atoms with Crippen molar-refractivity contribution in [1.29, 1.82) is 0 Å². The highest BCUT2D eigenvalue weighted by atomic mass is 16.2. The Morgan fingerprint density at radius 2 is 1.76 bits per heavy atom. The number of nitrogens with zero attached hydrogens (tertiary/aromatic N) is 1. The zero-order valence-corrected chi connectivity index (χ0v) is 15.2. The second-order valence-electron chi connectivity index (χ2n) is 7.05. The van der Waals surface area contributed by atoms with Crippen molar-refractivity contribution in [2.24, 2.45) is 0 Å². The highest BCUT2D eigenvalue weighted by Gasteiger charge is 2.15. The van der Waals surface area contributed by atoms with Crippen molar-refractivity contribution in [3.8, 4) is 0 Å². The van der Waals surface area contributed by atoms with Crippen LogP contribution < -0.4 is 10.6 Å². The van der Waals surface area contributed by atoms with E-state index in [2.05, 4.69) is 36.4 Å². The summed E-state index contributed by atoms with van der Waals surface area (Å²) in [5, 5.41) is 5.46. The summed E-state index contributed by atoms with van der Waals surface area (Å²) >= 11 is 0. The number of rotatable bonds is 5. The van der Waals surface area contributed by atoms with Gasteiger partial charge in [0.1, 0.15) is 0 Å². The summed E-state index contributed by atoms with van der Waals surface area (Å²) in [7, 11) is 0. The lowest BCUT2D eigenvalue weighted by Crippen LogP contribution is -2.38. The van der Waals surface area contributed by atoms with Crippen molar-refractivity contribution in [1.82, 2.24) is 15.6 Å². The van der Waals surface area contributed by atoms with Crippen LogP contribution in [0.15, 0.2) is 48.7 Å². The summed E-state index contributed by atoms with van der Waals surface area (Å²) in [6.07, 6.45) is 1.68. The third-order valence-electron chi connectivity index (χ3n) is 3.93. The number of nitrogens with one attached hydrogen (secondary N) is 2. The number of carbonyl (C=O) groups is 2. The van der Waals surface area contributed by atoms with Crippen molar-refractivity contribution in [2.45, 2.75) is 39.2 Å². The van der Waals surface area contributed by atoms with Crippen molar-refractivity contribution in [3.05, 3.63) is 65.5 Å². The predicted molar refractivity (Wildman–Crippen MR) is 98.3 cm³/mol. The minimum absolute atomic E-state index is 0.0382. The molecule has 2 rings (SSSR count). The molecule has 25 heavy (non-hydrogen) atoms. The molecule has 0 fully saturated rings. The van der Waals surface area contributed by atoms with E-state index in [1.807, 2.05) is 37.3 Å². The molecule has 0 spiro atoms. The average Bonchev–Trinajstić information content (AvgIpc) is 2.59. The lowest BCUT2D eigenvalue weighted by molar-refractivity contribution is -0.120. The largest absolute Gasteiger partial charge is 0.346 e. The molecule has 2 N–H and O–H groups in total. The number of hydrogen-bond acceptors (Lipinski definition) is 3. The van der Waals surface area contributed by atoms with Gasteiger partial charge in [0.25, 0.3) is 5.91 Å². The standard InChI is InChI=1S/C20H25N3O2/c1-14(17-7-5-6-12-21-17)23-18(24)13-22-19(25)15-8-10-16(11-9-15)20(2,3)4/h5-12,14H,13H2,1-4H3,(H,22,25)(H,23,24). The van der Waals surface area contributed by atoms with Gasteiger partial charge < -0.3 is 10.6 Å². The Labute approximate surface area is 148 Å². The summed E-state index contributed by atoms with van der Waals surface area (Å²) < 4.78 is 0. The molecule has 5 nitrogen and oxygen atoms in total. The molecule has 132 valence electrons. The van der Waals surface area contributed by atoms with Crippen LogP contribution in [0.4, 0.5) is 0 Å². The summed E-state index contributed by atoms with van der Waals surface area (Å²) in [5.41, 5.74) is 2.51. The fraction of sp³-hybridized carbons (Fsp3) is 0.350. The van der Waals surface area contributed by atoms with Crippen LogP contribution >= 0.6 is 0 Å². The summed E-state index contributed by atoms with van der Waals surface area (Å²) in [6.45, 7) is 8.14. The van der Waals surface area contributed by atoms with Crippen LogP contribution in [0.2, 0.25) is 0 Å². The van der Waals surface area contributed by atoms with Crippen LogP contribution in [-0.4, -0.2) is 23.3 Å². The van der Waals surface area contributed by atoms with Crippen molar-refractivity contribution >= 4 is 11.8 Å². The molecule has 1 heterocycles. The van der Waals surface area contributed by atoms with E-state index in [1.54, 1.807) is 18.3 Å². The van der Waals surface area contributed by atoms with Gasteiger partial charge in [0, 0.05) is 11.8 Å². The molecule has 1 unspecified atom stereocenters. The summed E-state index contributed by atoms with van der Waals surface area (Å²) in [4.78, 5) is 28.4. The van der Waals surface area contributed by atoms with Gasteiger partial charge in [-0.25, -0.2) is 0 Å². The fourth-order valence-electron chi connectivity index (χ4n) is 2.38. The number of aromatic nitrogens is 1. The first-order valence-corrected chi connectivity index (χ1v) is 8.36. The van der Waals surface area contributed by atoms with E-state index in [0.29, 0.717) is 5.56 Å². The van der Waals surface area contributed by atoms with Gasteiger partial charge in [-0.3, -0.25) is 14.6 Å². The molecule has 0 aliphatic carbocycles. The first-order chi connectivity index (χ1) is 11.8. The molecular formula is C20H25N3O2. The maximum Gasteiger partial charge on any atom is 0.251 e. The molecule has 0 aliphatic rings. The Morgan fingerprint density at radius 1 is 1.08 bits per heavy atom. The van der Waals surface area contributed by atoms with E-state index in [0.717, 1.165) is 11.3 Å². The van der Waals surface area contributed by atoms with E-state index in [1.165, 1.54) is 0 Å². The Morgan fingerprint density at radius 3 is 2.32 bits per heavy atom. The quantitative estimate of drug-likeness (QED) is 0.880. The zero-order chi connectivity index (χ0) is 18.4. The van der Waals surface area contributed by atoms with E-state index in [-0.39, 0.29) is 29.8 Å². The second-order valence-corrected chi connectivity index (χ2v) is 7.05. The van der Waals surface area contributed by atoms with Crippen LogP contribution in [0.1, 0.15) is 55.4 Å². The smallest absolute Gasteiger partial charge is 0.251 e. The Kier molecular flexibility index (Phi) is 5.91. The van der Waals surface area contributed by atoms with Gasteiger partial charge in [0.2, 0.25) is 5.91 Å². The minimum atomic E-state index is -0.263. The van der Waals surface area contributed by atoms with Crippen LogP contribution in [0.3, 0.4) is 0 Å². The first-order valence-electron chi connectivity index (χ1n) is 8.36. The average molecular weight is 339 g/mol. The fourth-order valence-corrected chi connectivity index (χ4v) is 2.38. The van der Waals surface area contributed by atoms with Gasteiger partial charge in [-0.15, -0.1) is 0 Å². The van der Waals surface area contributed by atoms with E-state index >= 15 is 0 Å². The van der Waals surface area contributed by atoms with Gasteiger partial charge in [0.05, 0.1) is 18.3 Å². The number of benzene rings is 1. The molecule has 0 saturated carbocycles. The number of amides is 2. The lowest BCUT2D eigenvalue weighted by Gasteiger charge is -2.19. The molecule has 1 aromatic heterocycles. The van der Waals surface area contributed by atoms with Crippen LogP contribution in [0.5, 0.6) is 0 Å². The molecule has 2 amide bonds. The maximum absolute atomic E-state index is 12.2. The molecule has 0 aliphatic heterocycles. The number of pyridine rings is 1. The van der Waals surface area contributed by atoms with Crippen LogP contribution in [0, 0.1) is 0 Å². The van der Waals surface area contributed by atoms with Crippen LogP contribution in [0.25, 0.3) is 0 Å². The molecule has 1 aromatic carbocycles. The normalized spacial score (nSPS) is 12.3. The van der Waals surface area contributed by atoms with Gasteiger partial charge in [-0.1, -0.05) is 39.0 Å². The summed E-state index contributed by atoms with van der Waals surface area (Å²) in [5.74, 6) is -0.515. The zero-order valence-electron chi connectivity index (χ0n) is 15.2. The topological polar surface area (TPSA) is 71.1 Å². The third kappa shape index (κ3) is 5.41. The molecule has 0 radical (unpaired) electrons. The van der Waals surface area contributed by atoms with Gasteiger partial charge >= 0.3 is 0 Å². The molecule has 0 saturated heterocycles. The lowest BCUT2D eigenvalue weighted by atomic mass is 9.87. The molecule has 1 atom stereocenters. The van der Waals surface area contributed by atoms with Gasteiger partial charge in [0.15, 0.2) is 0 Å². The predicted octanol–water partition coefficient (Wildman–Crippen LogP) is 2.99. The van der Waals surface area contributed by atoms with Crippen molar-refractivity contribution in [2.75, 3.05) is 6.54 Å².